The Morgan fingerprint density at radius 2 is 1.76 bits per heavy atom. The van der Waals surface area contributed by atoms with Crippen LogP contribution in [-0.4, -0.2) is 79.8 Å². The van der Waals surface area contributed by atoms with E-state index in [1.807, 2.05) is 0 Å². The number of carbonyl (C=O) groups excluding carboxylic acids is 1. The topological polar surface area (TPSA) is 124 Å². The van der Waals surface area contributed by atoms with Crippen LogP contribution in [0.2, 0.25) is 5.02 Å². The molecule has 1 fully saturated rings. The first-order valence-electron chi connectivity index (χ1n) is 14.7. The number of rotatable bonds is 9. The summed E-state index contributed by atoms with van der Waals surface area (Å²) in [6.45, 7) is 26.1. The number of carbonyl (C=O) groups is 2. The van der Waals surface area contributed by atoms with Crippen molar-refractivity contribution in [1.29, 1.82) is 0 Å². The van der Waals surface area contributed by atoms with Gasteiger partial charge in [-0.2, -0.15) is 0 Å². The van der Waals surface area contributed by atoms with Crippen LogP contribution in [0.25, 0.3) is 5.57 Å². The molecule has 1 amide bonds. The lowest BCUT2D eigenvalue weighted by Crippen LogP contribution is -2.58. The van der Waals surface area contributed by atoms with Gasteiger partial charge in [0.2, 0.25) is 6.41 Å². The van der Waals surface area contributed by atoms with Crippen LogP contribution in [0.5, 0.6) is 0 Å². The van der Waals surface area contributed by atoms with E-state index in [4.69, 9.17) is 26.5 Å². The molecule has 0 radical (unpaired) electrons. The Labute approximate surface area is 270 Å². The van der Waals surface area contributed by atoms with Crippen LogP contribution in [0.15, 0.2) is 48.5 Å². The minimum absolute atomic E-state index is 0.0000539. The second kappa shape index (κ2) is 16.4. The molecule has 2 aromatic rings. The van der Waals surface area contributed by atoms with Crippen molar-refractivity contribution in [2.45, 2.75) is 78.8 Å². The molecule has 0 aromatic carbocycles. The third-order valence-electron chi connectivity index (χ3n) is 7.28. The number of allylic oxidation sites excluding steroid dienone is 4. The monoisotopic (exact) mass is 641 g/mol. The quantitative estimate of drug-likeness (QED) is 0.130. The molecule has 3 rings (SSSR count). The van der Waals surface area contributed by atoms with Crippen molar-refractivity contribution in [3.8, 4) is 0 Å². The Morgan fingerprint density at radius 1 is 1.18 bits per heavy atom. The van der Waals surface area contributed by atoms with Crippen molar-refractivity contribution >= 4 is 47.4 Å². The molecule has 1 aliphatic heterocycles. The highest BCUT2D eigenvalue weighted by molar-refractivity contribution is 6.33. The lowest BCUT2D eigenvalue weighted by Gasteiger charge is -2.47. The SMILES string of the molecule is C=C/C=C(\C(=C)F)c1nc(NC=O)c(C(=Nc2c(C(C)C)ncnc2C(C)C)N2CCN(C(C)(C)C)CC2C)cc1Cl.O=CO. The van der Waals surface area contributed by atoms with E-state index in [1.165, 1.54) is 12.2 Å². The maximum Gasteiger partial charge on any atom is 0.290 e. The molecule has 1 aliphatic rings. The number of nitrogens with one attached hydrogen (secondary N) is 1. The molecule has 10 nitrogen and oxygen atoms in total. The normalized spacial score (nSPS) is 16.3. The third kappa shape index (κ3) is 9.27. The van der Waals surface area contributed by atoms with Crippen LogP contribution >= 0.6 is 11.6 Å². The molecule has 0 bridgehead atoms. The zero-order valence-electron chi connectivity index (χ0n) is 27.4. The van der Waals surface area contributed by atoms with E-state index >= 15 is 0 Å². The minimum Gasteiger partial charge on any atom is -0.483 e. The summed E-state index contributed by atoms with van der Waals surface area (Å²) in [5.74, 6) is 0.214. The molecule has 12 heteroatoms. The molecular formula is C33H45ClFN7O3. The number of nitrogens with zero attached hydrogens (tertiary/aromatic N) is 6. The van der Waals surface area contributed by atoms with Gasteiger partial charge in [0.1, 0.15) is 29.5 Å². The van der Waals surface area contributed by atoms with Crippen molar-refractivity contribution in [1.82, 2.24) is 24.8 Å². The van der Waals surface area contributed by atoms with E-state index < -0.39 is 5.83 Å². The summed E-state index contributed by atoms with van der Waals surface area (Å²) in [5, 5.41) is 9.77. The Bertz CT molecular complexity index is 1420. The zero-order valence-corrected chi connectivity index (χ0v) is 28.2. The van der Waals surface area contributed by atoms with Crippen LogP contribution in [0, 0.1) is 0 Å². The van der Waals surface area contributed by atoms with Crippen LogP contribution in [0.1, 0.15) is 89.9 Å². The van der Waals surface area contributed by atoms with Gasteiger partial charge in [0.15, 0.2) is 0 Å². The van der Waals surface area contributed by atoms with Gasteiger partial charge in [0, 0.05) is 36.8 Å². The summed E-state index contributed by atoms with van der Waals surface area (Å²) < 4.78 is 14.4. The first kappa shape index (κ1) is 37.2. The second-order valence-electron chi connectivity index (χ2n) is 12.2. The lowest BCUT2D eigenvalue weighted by atomic mass is 10.0. The minimum atomic E-state index is -0.723. The van der Waals surface area contributed by atoms with Crippen molar-refractivity contribution in [3.05, 3.63) is 71.2 Å². The summed E-state index contributed by atoms with van der Waals surface area (Å²) in [7, 11) is 0. The maximum absolute atomic E-state index is 14.4. The molecule has 0 aliphatic carbocycles. The number of aliphatic imine (C=N–C) groups is 1. The van der Waals surface area contributed by atoms with Gasteiger partial charge >= 0.3 is 0 Å². The molecule has 1 saturated heterocycles. The number of hydrogen-bond acceptors (Lipinski definition) is 7. The highest BCUT2D eigenvalue weighted by atomic mass is 35.5. The molecule has 2 aromatic heterocycles. The van der Waals surface area contributed by atoms with Gasteiger partial charge in [-0.1, -0.05) is 64.6 Å². The van der Waals surface area contributed by atoms with Gasteiger partial charge in [-0.05, 0) is 45.6 Å². The van der Waals surface area contributed by atoms with Crippen LogP contribution in [0.4, 0.5) is 15.9 Å². The van der Waals surface area contributed by atoms with Gasteiger partial charge in [-0.25, -0.2) is 24.3 Å². The van der Waals surface area contributed by atoms with E-state index in [0.29, 0.717) is 30.0 Å². The molecule has 1 atom stereocenters. The van der Waals surface area contributed by atoms with Crippen LogP contribution < -0.4 is 5.32 Å². The fourth-order valence-electron chi connectivity index (χ4n) is 5.06. The maximum atomic E-state index is 14.4. The van der Waals surface area contributed by atoms with Gasteiger partial charge in [0.25, 0.3) is 6.47 Å². The van der Waals surface area contributed by atoms with Crippen molar-refractivity contribution in [3.63, 3.8) is 0 Å². The first-order chi connectivity index (χ1) is 21.1. The van der Waals surface area contributed by atoms with Gasteiger partial charge in [0.05, 0.1) is 27.7 Å². The number of halogens is 2. The van der Waals surface area contributed by atoms with E-state index in [9.17, 15) is 9.18 Å². The van der Waals surface area contributed by atoms with Crippen molar-refractivity contribution in [2.75, 3.05) is 25.0 Å². The fourth-order valence-corrected chi connectivity index (χ4v) is 5.32. The van der Waals surface area contributed by atoms with E-state index in [1.54, 1.807) is 12.4 Å². The predicted molar refractivity (Wildman–Crippen MR) is 180 cm³/mol. The number of hydrogen-bond donors (Lipinski definition) is 2. The number of carboxylic acid groups (broad SMARTS) is 1. The average molecular weight is 642 g/mol. The predicted octanol–water partition coefficient (Wildman–Crippen LogP) is 6.98. The second-order valence-corrected chi connectivity index (χ2v) is 12.6. The van der Waals surface area contributed by atoms with Gasteiger partial charge in [-0.15, -0.1) is 0 Å². The molecule has 0 spiro atoms. The van der Waals surface area contributed by atoms with Gasteiger partial charge < -0.3 is 15.3 Å². The molecule has 45 heavy (non-hydrogen) atoms. The molecule has 1 unspecified atom stereocenters. The summed E-state index contributed by atoms with van der Waals surface area (Å²) in [6, 6.07) is 1.72. The van der Waals surface area contributed by atoms with Gasteiger partial charge in [-0.3, -0.25) is 14.5 Å². The number of amides is 1. The summed E-state index contributed by atoms with van der Waals surface area (Å²) in [5.41, 5.74) is 3.03. The highest BCUT2D eigenvalue weighted by Crippen LogP contribution is 2.36. The highest BCUT2D eigenvalue weighted by Gasteiger charge is 2.34. The Kier molecular flexibility index (Phi) is 13.6. The number of pyridine rings is 1. The Hall–Kier alpha value is -3.96. The van der Waals surface area contributed by atoms with Crippen LogP contribution in [-0.2, 0) is 9.59 Å². The average Bonchev–Trinajstić information content (AvgIpc) is 2.95. The van der Waals surface area contributed by atoms with E-state index in [-0.39, 0.29) is 52.0 Å². The molecule has 0 saturated carbocycles. The first-order valence-corrected chi connectivity index (χ1v) is 15.1. The summed E-state index contributed by atoms with van der Waals surface area (Å²) >= 11 is 6.78. The fraction of sp³-hybridized carbons (Fsp3) is 0.455. The number of amidine groups is 1. The summed E-state index contributed by atoms with van der Waals surface area (Å²) in [6.07, 6.45) is 4.99. The smallest absolute Gasteiger partial charge is 0.290 e. The number of piperazine rings is 1. The van der Waals surface area contributed by atoms with E-state index in [0.717, 1.165) is 24.5 Å². The molecule has 3 heterocycles. The zero-order chi connectivity index (χ0) is 34.1. The van der Waals surface area contributed by atoms with Crippen molar-refractivity contribution in [2.24, 2.45) is 4.99 Å². The number of anilines is 1. The standard InChI is InChI=1S/C32H43ClFN7O.CH2O2/c1-11-12-23(22(7)34)28-25(33)15-24(30(38-28)37-18-42)31(41-14-13-40(16-21(41)6)32(8,9)10)39-29-26(19(2)3)35-17-36-27(29)20(4)5;2-1-3/h11-12,15,17-21H,1,7,13-14,16H2,2-6,8-10H3,(H,37,38,42);1H,(H,2,3)/b23-12+,39-31?;. The molecule has 2 N–H and O–H groups in total. The van der Waals surface area contributed by atoms with Crippen LogP contribution in [0.3, 0.4) is 0 Å². The number of aromatic nitrogens is 3. The Balaban J connectivity index is 0.00000226. The van der Waals surface area contributed by atoms with Crippen molar-refractivity contribution < 1.29 is 19.1 Å². The Morgan fingerprint density at radius 3 is 2.20 bits per heavy atom. The molecule has 244 valence electrons. The third-order valence-corrected chi connectivity index (χ3v) is 7.57. The summed E-state index contributed by atoms with van der Waals surface area (Å²) in [4.78, 5) is 43.9. The lowest BCUT2D eigenvalue weighted by molar-refractivity contribution is -0.122. The molecular weight excluding hydrogens is 597 g/mol. The largest absolute Gasteiger partial charge is 0.483 e. The van der Waals surface area contributed by atoms with E-state index in [2.05, 4.69) is 98.6 Å².